The van der Waals surface area contributed by atoms with Crippen LogP contribution in [0.3, 0.4) is 0 Å². The van der Waals surface area contributed by atoms with Gasteiger partial charge in [0.15, 0.2) is 0 Å². The lowest BCUT2D eigenvalue weighted by Gasteiger charge is -2.12. The smallest absolute Gasteiger partial charge is 0.0998 e. The summed E-state index contributed by atoms with van der Waals surface area (Å²) < 4.78 is 4.60. The molecule has 0 fully saturated rings. The Morgan fingerprint density at radius 2 is 0.885 bits per heavy atom. The largest absolute Gasteiger partial charge is 0.309 e. The molecule has 0 aliphatic carbocycles. The minimum Gasteiger partial charge on any atom is -0.309 e. The minimum absolute atomic E-state index is 0.593. The fourth-order valence-electron chi connectivity index (χ4n) is 7.97. The summed E-state index contributed by atoms with van der Waals surface area (Å²) in [5.41, 5.74) is 12.4. The highest BCUT2D eigenvalue weighted by molar-refractivity contribution is 6.20. The third kappa shape index (κ3) is 4.46. The van der Waals surface area contributed by atoms with Crippen molar-refractivity contribution in [1.82, 2.24) is 9.13 Å². The fourth-order valence-corrected chi connectivity index (χ4v) is 7.97. The highest BCUT2D eigenvalue weighted by Gasteiger charge is 2.18. The van der Waals surface area contributed by atoms with E-state index in [9.17, 15) is 10.5 Å². The topological polar surface area (TPSA) is 57.4 Å². The highest BCUT2D eigenvalue weighted by atomic mass is 15.0. The van der Waals surface area contributed by atoms with Gasteiger partial charge in [0, 0.05) is 43.7 Å². The van der Waals surface area contributed by atoms with Crippen LogP contribution in [0, 0.1) is 22.7 Å². The number of hydrogen-bond donors (Lipinski definition) is 0. The van der Waals surface area contributed by atoms with Gasteiger partial charge in [-0.3, -0.25) is 0 Å². The Balaban J connectivity index is 1.04. The molecular formula is C48H28N4. The molecule has 0 atom stereocenters. The average Bonchev–Trinajstić information content (AvgIpc) is 3.73. The molecule has 8 aromatic carbocycles. The summed E-state index contributed by atoms with van der Waals surface area (Å²) in [5, 5.41) is 26.0. The number of rotatable bonds is 4. The predicted octanol–water partition coefficient (Wildman–Crippen LogP) is 12.1. The molecule has 0 unspecified atom stereocenters. The van der Waals surface area contributed by atoms with Gasteiger partial charge in [0.05, 0.1) is 45.3 Å². The first-order valence-corrected chi connectivity index (χ1v) is 17.3. The van der Waals surface area contributed by atoms with Crippen LogP contribution in [0.4, 0.5) is 0 Å². The number of para-hydroxylation sites is 2. The summed E-state index contributed by atoms with van der Waals surface area (Å²) in [6, 6.07) is 63.9. The number of hydrogen-bond acceptors (Lipinski definition) is 2. The molecule has 0 saturated heterocycles. The van der Waals surface area contributed by atoms with Crippen molar-refractivity contribution >= 4 is 54.4 Å². The maximum atomic E-state index is 10.0. The van der Waals surface area contributed by atoms with Crippen molar-refractivity contribution in [2.45, 2.75) is 0 Å². The lowest BCUT2D eigenvalue weighted by Crippen LogP contribution is -1.95. The van der Waals surface area contributed by atoms with Crippen LogP contribution in [0.15, 0.2) is 170 Å². The summed E-state index contributed by atoms with van der Waals surface area (Å²) in [6.45, 7) is 0. The van der Waals surface area contributed by atoms with Crippen LogP contribution in [0.25, 0.3) is 88.0 Å². The zero-order valence-corrected chi connectivity index (χ0v) is 28.0. The Labute approximate surface area is 299 Å². The molecule has 0 saturated carbocycles. The van der Waals surface area contributed by atoms with E-state index >= 15 is 0 Å². The molecule has 4 nitrogen and oxygen atoms in total. The molecule has 0 N–H and O–H groups in total. The van der Waals surface area contributed by atoms with Gasteiger partial charge in [0.25, 0.3) is 0 Å². The van der Waals surface area contributed by atoms with Crippen LogP contribution in [0.5, 0.6) is 0 Å². The Hall–Kier alpha value is -7.40. The van der Waals surface area contributed by atoms with E-state index in [0.717, 1.165) is 55.1 Å². The maximum Gasteiger partial charge on any atom is 0.0998 e. The number of benzene rings is 8. The molecule has 0 aliphatic rings. The van der Waals surface area contributed by atoms with Crippen molar-refractivity contribution in [3.8, 4) is 45.8 Å². The van der Waals surface area contributed by atoms with Gasteiger partial charge in [0.1, 0.15) is 0 Å². The fraction of sp³-hybridized carbons (Fsp3) is 0. The molecule has 10 rings (SSSR count). The zero-order valence-electron chi connectivity index (χ0n) is 28.0. The molecule has 0 radical (unpaired) electrons. The molecule has 0 spiro atoms. The van der Waals surface area contributed by atoms with Crippen LogP contribution in [-0.2, 0) is 0 Å². The van der Waals surface area contributed by atoms with Crippen molar-refractivity contribution in [3.05, 3.63) is 181 Å². The van der Waals surface area contributed by atoms with E-state index in [-0.39, 0.29) is 0 Å². The molecule has 52 heavy (non-hydrogen) atoms. The van der Waals surface area contributed by atoms with E-state index in [1.807, 2.05) is 42.5 Å². The second kappa shape index (κ2) is 11.6. The molecule has 0 amide bonds. The van der Waals surface area contributed by atoms with Gasteiger partial charge in [-0.2, -0.15) is 10.5 Å². The van der Waals surface area contributed by atoms with E-state index in [4.69, 9.17) is 0 Å². The van der Waals surface area contributed by atoms with Crippen LogP contribution < -0.4 is 0 Å². The molecule has 0 bridgehead atoms. The quantitative estimate of drug-likeness (QED) is 0.189. The van der Waals surface area contributed by atoms with E-state index < -0.39 is 0 Å². The summed E-state index contributed by atoms with van der Waals surface area (Å²) in [4.78, 5) is 0. The normalized spacial score (nSPS) is 11.4. The van der Waals surface area contributed by atoms with Crippen LogP contribution in [0.2, 0.25) is 0 Å². The molecule has 240 valence electrons. The van der Waals surface area contributed by atoms with Gasteiger partial charge in [0.2, 0.25) is 0 Å². The lowest BCUT2D eigenvalue weighted by molar-refractivity contribution is 1.18. The van der Waals surface area contributed by atoms with Gasteiger partial charge < -0.3 is 9.13 Å². The number of nitriles is 2. The summed E-state index contributed by atoms with van der Waals surface area (Å²) in [6.07, 6.45) is 0. The molecule has 2 aromatic heterocycles. The van der Waals surface area contributed by atoms with E-state index in [1.54, 1.807) is 0 Å². The maximum absolute atomic E-state index is 10.0. The van der Waals surface area contributed by atoms with Gasteiger partial charge >= 0.3 is 0 Å². The van der Waals surface area contributed by atoms with E-state index in [1.165, 1.54) is 32.9 Å². The van der Waals surface area contributed by atoms with Gasteiger partial charge in [-0.25, -0.2) is 0 Å². The Kier molecular flexibility index (Phi) is 6.58. The van der Waals surface area contributed by atoms with E-state index in [2.05, 4.69) is 149 Å². The van der Waals surface area contributed by atoms with Gasteiger partial charge in [-0.05, 0) is 89.0 Å². The van der Waals surface area contributed by atoms with Crippen LogP contribution in [0.1, 0.15) is 11.1 Å². The van der Waals surface area contributed by atoms with Crippen molar-refractivity contribution in [2.24, 2.45) is 0 Å². The van der Waals surface area contributed by atoms with Gasteiger partial charge in [-0.1, -0.05) is 103 Å². The third-order valence-electron chi connectivity index (χ3n) is 10.4. The molecule has 10 aromatic rings. The minimum atomic E-state index is 0.593. The standard InChI is InChI=1S/C48H28N4/c49-29-31-14-24-47-42(26-31)44-28-36(30-50)39-10-4-5-12-41(39)48(44)52(47)38-22-19-33(20-23-38)32-15-17-34(18-16-32)35-21-25-46-43(27-35)40-11-6-7-13-45(40)51(46)37-8-2-1-3-9-37/h1-28H. The molecular weight excluding hydrogens is 633 g/mol. The summed E-state index contributed by atoms with van der Waals surface area (Å²) in [5.74, 6) is 0. The summed E-state index contributed by atoms with van der Waals surface area (Å²) in [7, 11) is 0. The first-order chi connectivity index (χ1) is 25.7. The Morgan fingerprint density at radius 1 is 0.346 bits per heavy atom. The third-order valence-corrected chi connectivity index (χ3v) is 10.4. The lowest BCUT2D eigenvalue weighted by atomic mass is 9.99. The number of fused-ring (bicyclic) bond motifs is 8. The summed E-state index contributed by atoms with van der Waals surface area (Å²) >= 11 is 0. The predicted molar refractivity (Wildman–Crippen MR) is 213 cm³/mol. The van der Waals surface area contributed by atoms with Gasteiger partial charge in [-0.15, -0.1) is 0 Å². The van der Waals surface area contributed by atoms with Crippen molar-refractivity contribution in [2.75, 3.05) is 0 Å². The number of aromatic nitrogens is 2. The van der Waals surface area contributed by atoms with Crippen molar-refractivity contribution < 1.29 is 0 Å². The zero-order chi connectivity index (χ0) is 34.8. The Bertz CT molecular complexity index is 3110. The molecule has 0 aliphatic heterocycles. The second-order valence-corrected chi connectivity index (χ2v) is 13.2. The van der Waals surface area contributed by atoms with E-state index in [0.29, 0.717) is 11.1 Å². The monoisotopic (exact) mass is 660 g/mol. The first kappa shape index (κ1) is 29.5. The van der Waals surface area contributed by atoms with Crippen molar-refractivity contribution in [3.63, 3.8) is 0 Å². The SMILES string of the molecule is N#Cc1ccc2c(c1)c1cc(C#N)c3ccccc3c1n2-c1ccc(-c2ccc(-c3ccc4c(c3)c3ccccc3n4-c3ccccc3)cc2)cc1. The molecule has 2 heterocycles. The van der Waals surface area contributed by atoms with Crippen molar-refractivity contribution in [1.29, 1.82) is 10.5 Å². The highest BCUT2D eigenvalue weighted by Crippen LogP contribution is 2.39. The molecule has 4 heteroatoms. The van der Waals surface area contributed by atoms with Crippen LogP contribution in [-0.4, -0.2) is 9.13 Å². The first-order valence-electron chi connectivity index (χ1n) is 17.3. The average molecular weight is 661 g/mol. The Morgan fingerprint density at radius 3 is 1.62 bits per heavy atom. The second-order valence-electron chi connectivity index (χ2n) is 13.2. The van der Waals surface area contributed by atoms with Crippen LogP contribution >= 0.6 is 0 Å². The number of nitrogens with zero attached hydrogens (tertiary/aromatic N) is 4.